The van der Waals surface area contributed by atoms with Gasteiger partial charge in [0, 0.05) is 23.3 Å². The summed E-state index contributed by atoms with van der Waals surface area (Å²) in [6.07, 6.45) is 0. The highest BCUT2D eigenvalue weighted by molar-refractivity contribution is 9.10. The zero-order chi connectivity index (χ0) is 12.1. The average molecular weight is 287 g/mol. The molecule has 1 aromatic carbocycles. The van der Waals surface area contributed by atoms with Crippen LogP contribution in [-0.2, 0) is 4.79 Å². The molecule has 16 heavy (non-hydrogen) atoms. The molecule has 0 bridgehead atoms. The second kappa shape index (κ2) is 5.75. The number of halogens is 1. The van der Waals surface area contributed by atoms with E-state index in [1.54, 1.807) is 21.1 Å². The molecule has 0 fully saturated rings. The number of hydrogen-bond acceptors (Lipinski definition) is 3. The van der Waals surface area contributed by atoms with Crippen LogP contribution < -0.4 is 15.4 Å². The van der Waals surface area contributed by atoms with Gasteiger partial charge in [0.1, 0.15) is 11.8 Å². The van der Waals surface area contributed by atoms with Gasteiger partial charge in [-0.15, -0.1) is 0 Å². The quantitative estimate of drug-likeness (QED) is 0.890. The molecule has 0 aliphatic rings. The van der Waals surface area contributed by atoms with Crippen LogP contribution in [0.2, 0.25) is 0 Å². The molecule has 1 aromatic rings. The van der Waals surface area contributed by atoms with Gasteiger partial charge in [-0.05, 0) is 19.1 Å². The Hall–Kier alpha value is -1.23. The number of methoxy groups -OCH3 is 1. The van der Waals surface area contributed by atoms with Crippen molar-refractivity contribution in [3.8, 4) is 5.75 Å². The smallest absolute Gasteiger partial charge is 0.241 e. The number of hydrogen-bond donors (Lipinski definition) is 2. The van der Waals surface area contributed by atoms with E-state index in [1.807, 2.05) is 18.2 Å². The largest absolute Gasteiger partial charge is 0.497 e. The molecule has 0 saturated carbocycles. The van der Waals surface area contributed by atoms with Crippen LogP contribution in [0.4, 0.5) is 5.69 Å². The second-order valence-corrected chi connectivity index (χ2v) is 4.28. The van der Waals surface area contributed by atoms with Gasteiger partial charge in [0.05, 0.1) is 7.11 Å². The topological polar surface area (TPSA) is 50.4 Å². The van der Waals surface area contributed by atoms with Crippen molar-refractivity contribution < 1.29 is 9.53 Å². The predicted molar refractivity (Wildman–Crippen MR) is 67.8 cm³/mol. The molecule has 1 rings (SSSR count). The van der Waals surface area contributed by atoms with Gasteiger partial charge in [0.15, 0.2) is 0 Å². The molecule has 0 aromatic heterocycles. The molecule has 0 spiro atoms. The normalized spacial score (nSPS) is 11.8. The lowest BCUT2D eigenvalue weighted by Gasteiger charge is -2.14. The fourth-order valence-corrected chi connectivity index (χ4v) is 1.77. The number of amides is 1. The fraction of sp³-hybridized carbons (Fsp3) is 0.364. The molecule has 0 aliphatic carbocycles. The van der Waals surface area contributed by atoms with Gasteiger partial charge >= 0.3 is 0 Å². The first-order chi connectivity index (χ1) is 7.56. The molecular weight excluding hydrogens is 272 g/mol. The third-order valence-electron chi connectivity index (χ3n) is 2.13. The number of likely N-dealkylation sites (N-methyl/N-ethyl adjacent to an activating group) is 1. The predicted octanol–water partition coefficient (Wildman–Crippen LogP) is 2.00. The van der Waals surface area contributed by atoms with Gasteiger partial charge < -0.3 is 15.4 Å². The highest BCUT2D eigenvalue weighted by Gasteiger charge is 2.10. The number of nitrogens with one attached hydrogen (secondary N) is 2. The van der Waals surface area contributed by atoms with E-state index < -0.39 is 0 Å². The van der Waals surface area contributed by atoms with Gasteiger partial charge in [-0.2, -0.15) is 0 Å². The summed E-state index contributed by atoms with van der Waals surface area (Å²) in [7, 11) is 3.22. The Morgan fingerprint density at radius 2 is 2.12 bits per heavy atom. The zero-order valence-corrected chi connectivity index (χ0v) is 11.1. The van der Waals surface area contributed by atoms with Gasteiger partial charge in [-0.25, -0.2) is 0 Å². The summed E-state index contributed by atoms with van der Waals surface area (Å²) in [4.78, 5) is 11.3. The summed E-state index contributed by atoms with van der Waals surface area (Å²) >= 11 is 3.38. The molecule has 1 unspecified atom stereocenters. The van der Waals surface area contributed by atoms with E-state index in [1.165, 1.54) is 0 Å². The van der Waals surface area contributed by atoms with Crippen molar-refractivity contribution in [2.45, 2.75) is 13.0 Å². The monoisotopic (exact) mass is 286 g/mol. The van der Waals surface area contributed by atoms with E-state index in [9.17, 15) is 4.79 Å². The highest BCUT2D eigenvalue weighted by atomic mass is 79.9. The van der Waals surface area contributed by atoms with E-state index in [2.05, 4.69) is 26.6 Å². The molecular formula is C11H15BrN2O2. The van der Waals surface area contributed by atoms with Crippen molar-refractivity contribution in [1.29, 1.82) is 0 Å². The first-order valence-electron chi connectivity index (χ1n) is 4.89. The van der Waals surface area contributed by atoms with Gasteiger partial charge in [-0.3, -0.25) is 4.79 Å². The number of carbonyl (C=O) groups excluding carboxylic acids is 1. The molecule has 5 heteroatoms. The van der Waals surface area contributed by atoms with Crippen molar-refractivity contribution in [3.63, 3.8) is 0 Å². The number of rotatable bonds is 4. The van der Waals surface area contributed by atoms with E-state index in [0.29, 0.717) is 0 Å². The van der Waals surface area contributed by atoms with Crippen molar-refractivity contribution in [2.24, 2.45) is 0 Å². The Morgan fingerprint density at radius 3 is 2.69 bits per heavy atom. The first-order valence-corrected chi connectivity index (χ1v) is 5.69. The lowest BCUT2D eigenvalue weighted by atomic mass is 10.2. The summed E-state index contributed by atoms with van der Waals surface area (Å²) in [6.45, 7) is 1.80. The minimum absolute atomic E-state index is 0.0565. The van der Waals surface area contributed by atoms with Crippen LogP contribution in [0, 0.1) is 0 Å². The van der Waals surface area contributed by atoms with Crippen molar-refractivity contribution >= 4 is 27.5 Å². The summed E-state index contributed by atoms with van der Waals surface area (Å²) < 4.78 is 6.03. The molecule has 0 saturated heterocycles. The third kappa shape index (κ3) is 3.41. The van der Waals surface area contributed by atoms with E-state index >= 15 is 0 Å². The maximum Gasteiger partial charge on any atom is 0.241 e. The van der Waals surface area contributed by atoms with Crippen LogP contribution in [0.25, 0.3) is 0 Å². The summed E-state index contributed by atoms with van der Waals surface area (Å²) in [6, 6.07) is 5.30. The van der Waals surface area contributed by atoms with Crippen molar-refractivity contribution in [1.82, 2.24) is 5.32 Å². The average Bonchev–Trinajstić information content (AvgIpc) is 2.26. The number of carbonyl (C=O) groups is 1. The Kier molecular flexibility index (Phi) is 4.61. The van der Waals surface area contributed by atoms with E-state index in [4.69, 9.17) is 4.74 Å². The van der Waals surface area contributed by atoms with Crippen LogP contribution in [0.5, 0.6) is 5.75 Å². The van der Waals surface area contributed by atoms with Crippen molar-refractivity contribution in [2.75, 3.05) is 19.5 Å². The Labute approximate surface area is 103 Å². The lowest BCUT2D eigenvalue weighted by molar-refractivity contribution is -0.121. The minimum Gasteiger partial charge on any atom is -0.497 e. The summed E-state index contributed by atoms with van der Waals surface area (Å²) in [5, 5.41) is 5.67. The SMILES string of the molecule is CNC(=O)C(C)Nc1cc(Br)cc(OC)c1. The summed E-state index contributed by atoms with van der Waals surface area (Å²) in [5.74, 6) is 0.680. The van der Waals surface area contributed by atoms with Gasteiger partial charge in [0.25, 0.3) is 0 Å². The molecule has 4 nitrogen and oxygen atoms in total. The first kappa shape index (κ1) is 12.8. The Balaban J connectivity index is 2.80. The zero-order valence-electron chi connectivity index (χ0n) is 9.50. The standard InChI is InChI=1S/C11H15BrN2O2/c1-7(11(15)13-2)14-9-4-8(12)5-10(6-9)16-3/h4-7,14H,1-3H3,(H,13,15). The molecule has 2 N–H and O–H groups in total. The van der Waals surface area contributed by atoms with Crippen molar-refractivity contribution in [3.05, 3.63) is 22.7 Å². The minimum atomic E-state index is -0.288. The molecule has 1 atom stereocenters. The maximum atomic E-state index is 11.3. The fourth-order valence-electron chi connectivity index (χ4n) is 1.30. The Morgan fingerprint density at radius 1 is 1.44 bits per heavy atom. The second-order valence-electron chi connectivity index (χ2n) is 3.36. The molecule has 0 heterocycles. The van der Waals surface area contributed by atoms with Gasteiger partial charge in [0.2, 0.25) is 5.91 Å². The number of ether oxygens (including phenoxy) is 1. The molecule has 88 valence electrons. The highest BCUT2D eigenvalue weighted by Crippen LogP contribution is 2.24. The molecule has 1 amide bonds. The third-order valence-corrected chi connectivity index (χ3v) is 2.59. The van der Waals surface area contributed by atoms with Crippen LogP contribution in [-0.4, -0.2) is 26.1 Å². The Bertz CT molecular complexity index is 382. The van der Waals surface area contributed by atoms with E-state index in [-0.39, 0.29) is 11.9 Å². The van der Waals surface area contributed by atoms with Crippen LogP contribution in [0.1, 0.15) is 6.92 Å². The number of anilines is 1. The lowest BCUT2D eigenvalue weighted by Crippen LogP contribution is -2.35. The maximum absolute atomic E-state index is 11.3. The van der Waals surface area contributed by atoms with E-state index in [0.717, 1.165) is 15.9 Å². The molecule has 0 radical (unpaired) electrons. The van der Waals surface area contributed by atoms with Crippen LogP contribution in [0.15, 0.2) is 22.7 Å². The van der Waals surface area contributed by atoms with Crippen LogP contribution in [0.3, 0.4) is 0 Å². The van der Waals surface area contributed by atoms with Gasteiger partial charge in [-0.1, -0.05) is 15.9 Å². The summed E-state index contributed by atoms with van der Waals surface area (Å²) in [5.41, 5.74) is 0.835. The number of benzene rings is 1. The molecule has 0 aliphatic heterocycles. The van der Waals surface area contributed by atoms with Crippen LogP contribution >= 0.6 is 15.9 Å².